The molecule has 0 heterocycles. The predicted molar refractivity (Wildman–Crippen MR) is 76.5 cm³/mol. The third kappa shape index (κ3) is 4.48. The van der Waals surface area contributed by atoms with Gasteiger partial charge in [0.05, 0.1) is 0 Å². The first-order chi connectivity index (χ1) is 8.22. The van der Waals surface area contributed by atoms with Crippen molar-refractivity contribution in [2.75, 3.05) is 0 Å². The minimum Gasteiger partial charge on any atom is -0.362 e. The Kier molecular flexibility index (Phi) is 5.55. The van der Waals surface area contributed by atoms with Gasteiger partial charge in [-0.15, -0.1) is 0 Å². The molecule has 0 aromatic rings. The highest BCUT2D eigenvalue weighted by Gasteiger charge is 2.27. The van der Waals surface area contributed by atoms with Gasteiger partial charge in [-0.2, -0.15) is 0 Å². The Labute approximate surface area is 105 Å². The van der Waals surface area contributed by atoms with Gasteiger partial charge in [-0.1, -0.05) is 38.3 Å². The summed E-state index contributed by atoms with van der Waals surface area (Å²) in [7, 11) is 0. The molecule has 0 atom stereocenters. The van der Waals surface area contributed by atoms with Crippen LogP contribution in [0.15, 0.2) is 60.5 Å². The molecule has 92 valence electrons. The number of rotatable bonds is 7. The lowest BCUT2D eigenvalue weighted by molar-refractivity contribution is 0.928. The van der Waals surface area contributed by atoms with E-state index in [1.807, 2.05) is 12.2 Å². The average molecular weight is 229 g/mol. The third-order valence-corrected chi connectivity index (χ3v) is 2.76. The van der Waals surface area contributed by atoms with Crippen molar-refractivity contribution in [1.29, 1.82) is 0 Å². The van der Waals surface area contributed by atoms with Gasteiger partial charge in [0.15, 0.2) is 0 Å². The largest absolute Gasteiger partial charge is 0.362 e. The minimum atomic E-state index is 0.741. The molecule has 17 heavy (non-hydrogen) atoms. The fourth-order valence-electron chi connectivity index (χ4n) is 1.89. The molecule has 0 saturated heterocycles. The van der Waals surface area contributed by atoms with Gasteiger partial charge >= 0.3 is 0 Å². The molecule has 0 spiro atoms. The highest BCUT2D eigenvalue weighted by molar-refractivity contribution is 5.40. The van der Waals surface area contributed by atoms with Crippen molar-refractivity contribution in [3.05, 3.63) is 60.5 Å². The minimum absolute atomic E-state index is 0.741. The van der Waals surface area contributed by atoms with Gasteiger partial charge in [-0.05, 0) is 55.5 Å². The summed E-state index contributed by atoms with van der Waals surface area (Å²) in [5.74, 6) is 0.741. The maximum absolute atomic E-state index is 3.76. The lowest BCUT2D eigenvalue weighted by atomic mass is 10.0. The van der Waals surface area contributed by atoms with Crippen LogP contribution >= 0.6 is 0 Å². The molecule has 0 radical (unpaired) electrons. The molecule has 1 fully saturated rings. The fourth-order valence-corrected chi connectivity index (χ4v) is 1.89. The van der Waals surface area contributed by atoms with Gasteiger partial charge in [0.1, 0.15) is 0 Å². The number of hydrogen-bond acceptors (Lipinski definition) is 1. The number of nitrogens with one attached hydrogen (secondary N) is 1. The second-order valence-electron chi connectivity index (χ2n) is 4.39. The maximum Gasteiger partial charge on any atom is 0.0414 e. The first-order valence-electron chi connectivity index (χ1n) is 6.31. The van der Waals surface area contributed by atoms with E-state index in [0.717, 1.165) is 12.3 Å². The van der Waals surface area contributed by atoms with Gasteiger partial charge in [-0.3, -0.25) is 0 Å². The van der Waals surface area contributed by atoms with Crippen LogP contribution in [0.5, 0.6) is 0 Å². The summed E-state index contributed by atoms with van der Waals surface area (Å²) in [4.78, 5) is 0. The SMILES string of the molecule is C=C\C=C(C)/C=C(NC=C)/C(=C\CC)C1CC1. The smallest absolute Gasteiger partial charge is 0.0414 e. The van der Waals surface area contributed by atoms with E-state index in [2.05, 4.69) is 44.5 Å². The molecule has 1 aliphatic rings. The zero-order valence-electron chi connectivity index (χ0n) is 11.0. The molecule has 0 aromatic heterocycles. The highest BCUT2D eigenvalue weighted by atomic mass is 14.9. The van der Waals surface area contributed by atoms with Crippen LogP contribution in [0.25, 0.3) is 0 Å². The van der Waals surface area contributed by atoms with Crippen molar-refractivity contribution in [2.45, 2.75) is 33.1 Å². The van der Waals surface area contributed by atoms with E-state index in [0.29, 0.717) is 0 Å². The Morgan fingerprint density at radius 3 is 2.53 bits per heavy atom. The summed E-state index contributed by atoms with van der Waals surface area (Å²) >= 11 is 0. The van der Waals surface area contributed by atoms with Crippen molar-refractivity contribution < 1.29 is 0 Å². The van der Waals surface area contributed by atoms with Crippen LogP contribution in [0.2, 0.25) is 0 Å². The summed E-state index contributed by atoms with van der Waals surface area (Å²) in [6.07, 6.45) is 13.8. The molecule has 1 N–H and O–H groups in total. The highest BCUT2D eigenvalue weighted by Crippen LogP contribution is 2.39. The van der Waals surface area contributed by atoms with E-state index in [1.165, 1.54) is 29.7 Å². The molecule has 1 nitrogen and oxygen atoms in total. The Balaban J connectivity index is 2.96. The topological polar surface area (TPSA) is 12.0 Å². The summed E-state index contributed by atoms with van der Waals surface area (Å²) in [6.45, 7) is 11.7. The molecule has 0 unspecified atom stereocenters. The van der Waals surface area contributed by atoms with E-state index in [1.54, 1.807) is 6.20 Å². The van der Waals surface area contributed by atoms with E-state index in [9.17, 15) is 0 Å². The zero-order chi connectivity index (χ0) is 12.7. The molecule has 0 aliphatic heterocycles. The lowest BCUT2D eigenvalue weighted by Gasteiger charge is -2.12. The van der Waals surface area contributed by atoms with Gasteiger partial charge < -0.3 is 5.32 Å². The second-order valence-corrected chi connectivity index (χ2v) is 4.39. The Morgan fingerprint density at radius 2 is 2.06 bits per heavy atom. The molecule has 0 aromatic carbocycles. The van der Waals surface area contributed by atoms with Crippen LogP contribution in [0, 0.1) is 5.92 Å². The molecule has 1 heteroatoms. The van der Waals surface area contributed by atoms with Crippen molar-refractivity contribution in [3.8, 4) is 0 Å². The van der Waals surface area contributed by atoms with Crippen LogP contribution in [0.1, 0.15) is 33.1 Å². The van der Waals surface area contributed by atoms with Crippen molar-refractivity contribution in [3.63, 3.8) is 0 Å². The first-order valence-corrected chi connectivity index (χ1v) is 6.31. The van der Waals surface area contributed by atoms with Gasteiger partial charge in [0.25, 0.3) is 0 Å². The van der Waals surface area contributed by atoms with E-state index in [-0.39, 0.29) is 0 Å². The standard InChI is InChI=1S/C16H23N/c1-5-8-13(4)12-16(17-7-3)15(9-6-2)14-10-11-14/h5,7-9,12,14,17H,1,3,6,10-11H2,2,4H3/b13-8-,15-9-,16-12-. The van der Waals surface area contributed by atoms with Crippen molar-refractivity contribution >= 4 is 0 Å². The van der Waals surface area contributed by atoms with Crippen LogP contribution < -0.4 is 5.32 Å². The quantitative estimate of drug-likeness (QED) is 0.635. The van der Waals surface area contributed by atoms with Crippen LogP contribution in [-0.4, -0.2) is 0 Å². The molecular weight excluding hydrogens is 206 g/mol. The third-order valence-electron chi connectivity index (χ3n) is 2.76. The Bertz CT molecular complexity index is 365. The molecule has 0 bridgehead atoms. The normalized spacial score (nSPS) is 17.9. The summed E-state index contributed by atoms with van der Waals surface area (Å²) in [6, 6.07) is 0. The monoisotopic (exact) mass is 229 g/mol. The first kappa shape index (κ1) is 13.6. The Morgan fingerprint density at radius 1 is 1.35 bits per heavy atom. The van der Waals surface area contributed by atoms with Crippen LogP contribution in [0.4, 0.5) is 0 Å². The van der Waals surface area contributed by atoms with E-state index < -0.39 is 0 Å². The Hall–Kier alpha value is -1.50. The summed E-state index contributed by atoms with van der Waals surface area (Å²) < 4.78 is 0. The van der Waals surface area contributed by atoms with Gasteiger partial charge in [0.2, 0.25) is 0 Å². The number of hydrogen-bond donors (Lipinski definition) is 1. The van der Waals surface area contributed by atoms with Crippen molar-refractivity contribution in [1.82, 2.24) is 5.32 Å². The van der Waals surface area contributed by atoms with Crippen molar-refractivity contribution in [2.24, 2.45) is 5.92 Å². The lowest BCUT2D eigenvalue weighted by Crippen LogP contribution is -2.09. The van der Waals surface area contributed by atoms with Crippen LogP contribution in [-0.2, 0) is 0 Å². The maximum atomic E-state index is 3.76. The van der Waals surface area contributed by atoms with E-state index >= 15 is 0 Å². The predicted octanol–water partition coefficient (Wildman–Crippen LogP) is 4.48. The summed E-state index contributed by atoms with van der Waals surface area (Å²) in [5.41, 5.74) is 3.82. The van der Waals surface area contributed by atoms with Gasteiger partial charge in [-0.25, -0.2) is 0 Å². The second kappa shape index (κ2) is 6.95. The molecule has 1 rings (SSSR count). The summed E-state index contributed by atoms with van der Waals surface area (Å²) in [5, 5.41) is 3.26. The van der Waals surface area contributed by atoms with Gasteiger partial charge in [0, 0.05) is 5.70 Å². The zero-order valence-corrected chi connectivity index (χ0v) is 11.0. The van der Waals surface area contributed by atoms with Crippen LogP contribution in [0.3, 0.4) is 0 Å². The fraction of sp³-hybridized carbons (Fsp3) is 0.375. The molecule has 1 saturated carbocycles. The molecule has 0 amide bonds. The van der Waals surface area contributed by atoms with E-state index in [4.69, 9.17) is 0 Å². The molecular formula is C16H23N. The molecule has 1 aliphatic carbocycles. The number of allylic oxidation sites excluding steroid dienone is 6. The average Bonchev–Trinajstić information content (AvgIpc) is 3.09.